The van der Waals surface area contributed by atoms with E-state index in [0.717, 1.165) is 12.1 Å². The maximum Gasteiger partial charge on any atom is 0.416 e. The molecule has 1 heterocycles. The van der Waals surface area contributed by atoms with Gasteiger partial charge in [0, 0.05) is 19.7 Å². The van der Waals surface area contributed by atoms with E-state index in [1.54, 1.807) is 38.4 Å². The molecular weight excluding hydrogens is 333 g/mol. The quantitative estimate of drug-likeness (QED) is 0.503. The number of hydrogen-bond acceptors (Lipinski definition) is 4. The molecule has 0 spiro atoms. The number of nitrogens with two attached hydrogens (primary N) is 2. The van der Waals surface area contributed by atoms with Crippen molar-refractivity contribution < 1.29 is 13.2 Å². The largest absolute Gasteiger partial charge is 0.416 e. The van der Waals surface area contributed by atoms with Crippen LogP contribution in [-0.2, 0) is 6.18 Å². The van der Waals surface area contributed by atoms with Crippen LogP contribution in [0.1, 0.15) is 11.1 Å². The van der Waals surface area contributed by atoms with Gasteiger partial charge >= 0.3 is 6.18 Å². The van der Waals surface area contributed by atoms with Gasteiger partial charge in [-0.1, -0.05) is 18.2 Å². The zero-order valence-electron chi connectivity index (χ0n) is 13.6. The van der Waals surface area contributed by atoms with Crippen molar-refractivity contribution in [1.82, 2.24) is 4.98 Å². The third kappa shape index (κ3) is 4.93. The van der Waals surface area contributed by atoms with Crippen LogP contribution in [0.25, 0.3) is 11.3 Å². The smallest absolute Gasteiger partial charge is 0.369 e. The molecule has 0 saturated heterocycles. The number of pyridine rings is 1. The van der Waals surface area contributed by atoms with Gasteiger partial charge in [-0.15, -0.1) is 5.10 Å². The van der Waals surface area contributed by atoms with Crippen LogP contribution in [0.5, 0.6) is 0 Å². The Bertz CT molecular complexity index is 808. The molecule has 0 atom stereocenters. The van der Waals surface area contributed by atoms with Crippen LogP contribution in [-0.4, -0.2) is 31.3 Å². The molecule has 0 bridgehead atoms. The molecule has 0 unspecified atom stereocenters. The van der Waals surface area contributed by atoms with Crippen molar-refractivity contribution in [2.45, 2.75) is 6.18 Å². The van der Waals surface area contributed by atoms with E-state index >= 15 is 0 Å². The summed E-state index contributed by atoms with van der Waals surface area (Å²) in [6.07, 6.45) is -3.07. The van der Waals surface area contributed by atoms with Crippen LogP contribution in [0.2, 0.25) is 0 Å². The monoisotopic (exact) mass is 350 g/mol. The average Bonchev–Trinajstić information content (AvgIpc) is 2.53. The first-order valence-electron chi connectivity index (χ1n) is 7.16. The van der Waals surface area contributed by atoms with Gasteiger partial charge in [0.25, 0.3) is 0 Å². The lowest BCUT2D eigenvalue weighted by Crippen LogP contribution is -2.21. The van der Waals surface area contributed by atoms with Crippen molar-refractivity contribution in [3.8, 4) is 11.3 Å². The van der Waals surface area contributed by atoms with Gasteiger partial charge in [-0.2, -0.15) is 18.3 Å². The molecule has 2 aromatic rings. The van der Waals surface area contributed by atoms with Crippen molar-refractivity contribution in [3.63, 3.8) is 0 Å². The van der Waals surface area contributed by atoms with E-state index in [-0.39, 0.29) is 17.5 Å². The Kier molecular flexibility index (Phi) is 5.26. The number of rotatable bonds is 4. The van der Waals surface area contributed by atoms with Gasteiger partial charge in [0.2, 0.25) is 5.96 Å². The van der Waals surface area contributed by atoms with E-state index in [0.29, 0.717) is 11.1 Å². The van der Waals surface area contributed by atoms with Crippen LogP contribution in [0.15, 0.2) is 46.6 Å². The lowest BCUT2D eigenvalue weighted by atomic mass is 10.1. The van der Waals surface area contributed by atoms with Gasteiger partial charge in [0.1, 0.15) is 5.82 Å². The molecule has 4 N–H and O–H groups in total. The summed E-state index contributed by atoms with van der Waals surface area (Å²) in [5, 5.41) is 7.16. The molecule has 0 aliphatic carbocycles. The maximum atomic E-state index is 13.1. The Hall–Kier alpha value is -3.10. The van der Waals surface area contributed by atoms with Crippen LogP contribution in [0, 0.1) is 0 Å². The molecule has 6 nitrogen and oxygen atoms in total. The van der Waals surface area contributed by atoms with Crippen molar-refractivity contribution in [2.24, 2.45) is 21.7 Å². The number of nitrogens with zero attached hydrogens (tertiary/aromatic N) is 4. The summed E-state index contributed by atoms with van der Waals surface area (Å²) in [5.74, 6) is 0.0203. The van der Waals surface area contributed by atoms with Crippen LogP contribution >= 0.6 is 0 Å². The van der Waals surface area contributed by atoms with Crippen LogP contribution in [0.4, 0.5) is 19.0 Å². The standard InChI is InChI=1S/C16H17F3N6/c1-25(2)14-8-12(16(17,18)19)7-13(23-14)11-5-3-4-10(6-11)9-22-24-15(20)21/h3-9H,1-2H3,(H4,20,21,24). The summed E-state index contributed by atoms with van der Waals surface area (Å²) in [4.78, 5) is 5.80. The van der Waals surface area contributed by atoms with Crippen LogP contribution < -0.4 is 16.4 Å². The first-order valence-corrected chi connectivity index (χ1v) is 7.16. The summed E-state index contributed by atoms with van der Waals surface area (Å²) >= 11 is 0. The predicted molar refractivity (Wildman–Crippen MR) is 92.4 cm³/mol. The topological polar surface area (TPSA) is 92.9 Å². The summed E-state index contributed by atoms with van der Waals surface area (Å²) in [6.45, 7) is 0. The highest BCUT2D eigenvalue weighted by molar-refractivity contribution is 5.83. The van der Waals surface area contributed by atoms with E-state index in [9.17, 15) is 13.2 Å². The molecule has 25 heavy (non-hydrogen) atoms. The summed E-state index contributed by atoms with van der Waals surface area (Å²) in [6, 6.07) is 8.74. The number of guanidine groups is 1. The van der Waals surface area contributed by atoms with Crippen molar-refractivity contribution in [1.29, 1.82) is 0 Å². The minimum atomic E-state index is -4.46. The number of anilines is 1. The van der Waals surface area contributed by atoms with Crippen LogP contribution in [0.3, 0.4) is 0 Å². The van der Waals surface area contributed by atoms with E-state index in [2.05, 4.69) is 15.2 Å². The number of hydrogen-bond donors (Lipinski definition) is 2. The minimum absolute atomic E-state index is 0.192. The molecule has 1 aromatic carbocycles. The summed E-state index contributed by atoms with van der Waals surface area (Å²) in [7, 11) is 3.26. The zero-order chi connectivity index (χ0) is 18.6. The third-order valence-electron chi connectivity index (χ3n) is 3.16. The first-order chi connectivity index (χ1) is 11.7. The fourth-order valence-electron chi connectivity index (χ4n) is 2.00. The molecular formula is C16H17F3N6. The second-order valence-corrected chi connectivity index (χ2v) is 5.39. The number of benzene rings is 1. The Morgan fingerprint density at radius 1 is 1.16 bits per heavy atom. The molecule has 1 aromatic heterocycles. The lowest BCUT2D eigenvalue weighted by Gasteiger charge is -2.16. The molecule has 9 heteroatoms. The molecule has 0 fully saturated rings. The van der Waals surface area contributed by atoms with Crippen molar-refractivity contribution in [2.75, 3.05) is 19.0 Å². The van der Waals surface area contributed by atoms with Crippen molar-refractivity contribution >= 4 is 18.0 Å². The van der Waals surface area contributed by atoms with Crippen molar-refractivity contribution in [3.05, 3.63) is 47.5 Å². The minimum Gasteiger partial charge on any atom is -0.369 e. The first kappa shape index (κ1) is 18.2. The normalized spacial score (nSPS) is 11.6. The van der Waals surface area contributed by atoms with E-state index in [1.165, 1.54) is 11.1 Å². The summed E-state index contributed by atoms with van der Waals surface area (Å²) < 4.78 is 39.4. The highest BCUT2D eigenvalue weighted by Crippen LogP contribution is 2.33. The average molecular weight is 350 g/mol. The third-order valence-corrected chi connectivity index (χ3v) is 3.16. The van der Waals surface area contributed by atoms with Gasteiger partial charge < -0.3 is 16.4 Å². The molecule has 2 rings (SSSR count). The SMILES string of the molecule is CN(C)c1cc(C(F)(F)F)cc(-c2cccc(C=NN=C(N)N)c2)n1. The highest BCUT2D eigenvalue weighted by Gasteiger charge is 2.32. The maximum absolute atomic E-state index is 13.1. The molecule has 0 aliphatic rings. The van der Waals surface area contributed by atoms with E-state index in [1.807, 2.05) is 0 Å². The second kappa shape index (κ2) is 7.20. The van der Waals surface area contributed by atoms with Gasteiger partial charge in [0.05, 0.1) is 17.5 Å². The van der Waals surface area contributed by atoms with E-state index < -0.39 is 11.7 Å². The number of alkyl halides is 3. The lowest BCUT2D eigenvalue weighted by molar-refractivity contribution is -0.137. The Morgan fingerprint density at radius 2 is 1.88 bits per heavy atom. The second-order valence-electron chi connectivity index (χ2n) is 5.39. The molecule has 0 aliphatic heterocycles. The molecule has 0 saturated carbocycles. The van der Waals surface area contributed by atoms with Gasteiger partial charge in [-0.3, -0.25) is 0 Å². The Labute approximate surface area is 142 Å². The zero-order valence-corrected chi connectivity index (χ0v) is 13.6. The fourth-order valence-corrected chi connectivity index (χ4v) is 2.00. The van der Waals surface area contributed by atoms with Gasteiger partial charge in [-0.05, 0) is 23.8 Å². The Morgan fingerprint density at radius 3 is 2.48 bits per heavy atom. The number of halogens is 3. The van der Waals surface area contributed by atoms with Gasteiger partial charge in [-0.25, -0.2) is 4.98 Å². The molecule has 0 amide bonds. The summed E-state index contributed by atoms with van der Waals surface area (Å²) in [5.41, 5.74) is 10.9. The fraction of sp³-hybridized carbons (Fsp3) is 0.188. The van der Waals surface area contributed by atoms with Gasteiger partial charge in [0.15, 0.2) is 0 Å². The number of aromatic nitrogens is 1. The molecule has 0 radical (unpaired) electrons. The Balaban J connectivity index is 2.49. The highest BCUT2D eigenvalue weighted by atomic mass is 19.4. The van der Waals surface area contributed by atoms with E-state index in [4.69, 9.17) is 11.5 Å². The molecule has 132 valence electrons. The predicted octanol–water partition coefficient (Wildman–Crippen LogP) is 2.44.